The van der Waals surface area contributed by atoms with Crippen molar-refractivity contribution in [3.63, 3.8) is 0 Å². The van der Waals surface area contributed by atoms with Crippen molar-refractivity contribution in [3.8, 4) is 12.3 Å². The second kappa shape index (κ2) is 3.26. The van der Waals surface area contributed by atoms with Crippen molar-refractivity contribution in [2.45, 2.75) is 6.42 Å². The number of carboxylic acid groups (broad SMARTS) is 1. The Kier molecular flexibility index (Phi) is 2.34. The van der Waals surface area contributed by atoms with E-state index in [0.29, 0.717) is 13.1 Å². The zero-order valence-electron chi connectivity index (χ0n) is 6.49. The normalized spacial score (nSPS) is 16.4. The van der Waals surface area contributed by atoms with Crippen molar-refractivity contribution in [1.82, 2.24) is 4.90 Å². The number of hydrogen-bond donors (Lipinski definition) is 1. The summed E-state index contributed by atoms with van der Waals surface area (Å²) in [5, 5.41) is 8.39. The summed E-state index contributed by atoms with van der Waals surface area (Å²) in [7, 11) is 0. The van der Waals surface area contributed by atoms with Gasteiger partial charge >= 0.3 is 5.97 Å². The molecular formula is C8H9NO3. The topological polar surface area (TPSA) is 57.6 Å². The molecule has 0 aliphatic carbocycles. The number of carbonyl (C=O) groups excluding carboxylic acids is 1. The second-order valence-corrected chi connectivity index (χ2v) is 2.82. The number of likely N-dealkylation sites (tertiary alicyclic amines) is 1. The van der Waals surface area contributed by atoms with E-state index in [2.05, 4.69) is 0 Å². The van der Waals surface area contributed by atoms with E-state index in [-0.39, 0.29) is 18.2 Å². The molecule has 0 saturated carbocycles. The molecule has 1 heterocycles. The predicted octanol–water partition coefficient (Wildman–Crippen LogP) is -0.447. The highest BCUT2D eigenvalue weighted by Gasteiger charge is 2.30. The Morgan fingerprint density at radius 1 is 1.58 bits per heavy atom. The largest absolute Gasteiger partial charge is 0.481 e. The van der Waals surface area contributed by atoms with Gasteiger partial charge in [0.05, 0.1) is 6.42 Å². The standard InChI is InChI=1S/C8H9NO3/c1-2-7(10)9-4-6(5-9)3-8(11)12/h1,6H,3-5H2,(H,11,12). The number of amides is 1. The lowest BCUT2D eigenvalue weighted by molar-refractivity contribution is -0.142. The maximum Gasteiger partial charge on any atom is 0.303 e. The highest BCUT2D eigenvalue weighted by atomic mass is 16.4. The molecule has 0 aromatic heterocycles. The average Bonchev–Trinajstić information content (AvgIpc) is 1.94. The first-order valence-corrected chi connectivity index (χ1v) is 3.60. The highest BCUT2D eigenvalue weighted by Crippen LogP contribution is 2.18. The van der Waals surface area contributed by atoms with Crippen molar-refractivity contribution in [2.24, 2.45) is 5.92 Å². The molecule has 0 spiro atoms. The lowest BCUT2D eigenvalue weighted by atomic mass is 9.96. The fraction of sp³-hybridized carbons (Fsp3) is 0.500. The maximum atomic E-state index is 10.8. The predicted molar refractivity (Wildman–Crippen MR) is 41.2 cm³/mol. The van der Waals surface area contributed by atoms with Crippen LogP contribution in [0.5, 0.6) is 0 Å². The Labute approximate surface area is 70.2 Å². The quantitative estimate of drug-likeness (QED) is 0.567. The number of carboxylic acids is 1. The van der Waals surface area contributed by atoms with Gasteiger partial charge in [0.15, 0.2) is 0 Å². The number of aliphatic carboxylic acids is 1. The van der Waals surface area contributed by atoms with Gasteiger partial charge in [-0.25, -0.2) is 0 Å². The van der Waals surface area contributed by atoms with Crippen LogP contribution in [0.15, 0.2) is 0 Å². The van der Waals surface area contributed by atoms with E-state index in [9.17, 15) is 9.59 Å². The number of carbonyl (C=O) groups is 2. The Morgan fingerprint density at radius 3 is 2.58 bits per heavy atom. The molecule has 1 aliphatic rings. The maximum absolute atomic E-state index is 10.8. The monoisotopic (exact) mass is 167 g/mol. The molecule has 0 unspecified atom stereocenters. The molecule has 1 aliphatic heterocycles. The summed E-state index contributed by atoms with van der Waals surface area (Å²) < 4.78 is 0. The minimum absolute atomic E-state index is 0.0831. The smallest absolute Gasteiger partial charge is 0.303 e. The molecule has 12 heavy (non-hydrogen) atoms. The van der Waals surface area contributed by atoms with E-state index < -0.39 is 5.97 Å². The molecule has 1 N–H and O–H groups in total. The van der Waals surface area contributed by atoms with E-state index in [4.69, 9.17) is 11.5 Å². The zero-order chi connectivity index (χ0) is 9.14. The third-order valence-corrected chi connectivity index (χ3v) is 1.83. The zero-order valence-corrected chi connectivity index (χ0v) is 6.49. The van der Waals surface area contributed by atoms with Crippen molar-refractivity contribution in [2.75, 3.05) is 13.1 Å². The first-order chi connectivity index (χ1) is 5.63. The molecule has 1 fully saturated rings. The van der Waals surface area contributed by atoms with E-state index in [1.54, 1.807) is 0 Å². The summed E-state index contributed by atoms with van der Waals surface area (Å²) in [6.07, 6.45) is 4.99. The molecule has 1 saturated heterocycles. The molecule has 0 bridgehead atoms. The van der Waals surface area contributed by atoms with Crippen molar-refractivity contribution in [3.05, 3.63) is 0 Å². The van der Waals surface area contributed by atoms with E-state index in [0.717, 1.165) is 0 Å². The van der Waals surface area contributed by atoms with Crippen LogP contribution in [0.2, 0.25) is 0 Å². The number of rotatable bonds is 2. The number of terminal acetylenes is 1. The van der Waals surface area contributed by atoms with Crippen LogP contribution < -0.4 is 0 Å². The third kappa shape index (κ3) is 1.76. The van der Waals surface area contributed by atoms with E-state index >= 15 is 0 Å². The summed E-state index contributed by atoms with van der Waals surface area (Å²) >= 11 is 0. The van der Waals surface area contributed by atoms with Gasteiger partial charge in [-0.1, -0.05) is 0 Å². The Hall–Kier alpha value is -1.50. The van der Waals surface area contributed by atoms with Crippen molar-refractivity contribution < 1.29 is 14.7 Å². The van der Waals surface area contributed by atoms with Crippen LogP contribution in [0.25, 0.3) is 0 Å². The van der Waals surface area contributed by atoms with Crippen LogP contribution in [0, 0.1) is 18.3 Å². The second-order valence-electron chi connectivity index (χ2n) is 2.82. The SMILES string of the molecule is C#CC(=O)N1CC(CC(=O)O)C1. The summed E-state index contributed by atoms with van der Waals surface area (Å²) in [5.74, 6) is 0.887. The first kappa shape index (κ1) is 8.60. The van der Waals surface area contributed by atoms with Gasteiger partial charge in [-0.3, -0.25) is 9.59 Å². The molecule has 4 nitrogen and oxygen atoms in total. The molecule has 4 heteroatoms. The number of hydrogen-bond acceptors (Lipinski definition) is 2. The summed E-state index contributed by atoms with van der Waals surface area (Å²) in [4.78, 5) is 22.4. The lowest BCUT2D eigenvalue weighted by Gasteiger charge is -2.37. The van der Waals surface area contributed by atoms with Crippen molar-refractivity contribution >= 4 is 11.9 Å². The summed E-state index contributed by atoms with van der Waals surface area (Å²) in [6, 6.07) is 0. The lowest BCUT2D eigenvalue weighted by Crippen LogP contribution is -2.50. The summed E-state index contributed by atoms with van der Waals surface area (Å²) in [5.41, 5.74) is 0. The molecule has 64 valence electrons. The van der Waals surface area contributed by atoms with Crippen LogP contribution in [0.3, 0.4) is 0 Å². The molecule has 0 aromatic carbocycles. The van der Waals surface area contributed by atoms with Gasteiger partial charge in [0, 0.05) is 19.0 Å². The summed E-state index contributed by atoms with van der Waals surface area (Å²) in [6.45, 7) is 0.963. The molecule has 1 amide bonds. The van der Waals surface area contributed by atoms with Crippen LogP contribution >= 0.6 is 0 Å². The fourth-order valence-corrected chi connectivity index (χ4v) is 1.20. The Balaban J connectivity index is 2.25. The molecule has 1 rings (SSSR count). The first-order valence-electron chi connectivity index (χ1n) is 3.60. The molecule has 0 aromatic rings. The van der Waals surface area contributed by atoms with E-state index in [1.807, 2.05) is 5.92 Å². The fourth-order valence-electron chi connectivity index (χ4n) is 1.20. The molecule has 0 radical (unpaired) electrons. The third-order valence-electron chi connectivity index (χ3n) is 1.83. The van der Waals surface area contributed by atoms with Gasteiger partial charge in [0.2, 0.25) is 0 Å². The van der Waals surface area contributed by atoms with Gasteiger partial charge in [0.25, 0.3) is 5.91 Å². The van der Waals surface area contributed by atoms with Crippen LogP contribution in [0.4, 0.5) is 0 Å². The number of nitrogens with zero attached hydrogens (tertiary/aromatic N) is 1. The van der Waals surface area contributed by atoms with Crippen LogP contribution in [-0.2, 0) is 9.59 Å². The van der Waals surface area contributed by atoms with Gasteiger partial charge in [-0.2, -0.15) is 0 Å². The van der Waals surface area contributed by atoms with Crippen molar-refractivity contribution in [1.29, 1.82) is 0 Å². The highest BCUT2D eigenvalue weighted by molar-refractivity contribution is 5.93. The minimum atomic E-state index is -0.826. The van der Waals surface area contributed by atoms with Crippen LogP contribution in [-0.4, -0.2) is 35.0 Å². The van der Waals surface area contributed by atoms with Gasteiger partial charge in [-0.15, -0.1) is 6.42 Å². The van der Waals surface area contributed by atoms with E-state index in [1.165, 1.54) is 4.90 Å². The van der Waals surface area contributed by atoms with Gasteiger partial charge < -0.3 is 10.0 Å². The molecular weight excluding hydrogens is 158 g/mol. The van der Waals surface area contributed by atoms with Gasteiger partial charge in [-0.05, 0) is 5.92 Å². The van der Waals surface area contributed by atoms with Gasteiger partial charge in [0.1, 0.15) is 0 Å². The Bertz CT molecular complexity index is 248. The van der Waals surface area contributed by atoms with Crippen LogP contribution in [0.1, 0.15) is 6.42 Å². The average molecular weight is 167 g/mol. The Morgan fingerprint density at radius 2 is 2.17 bits per heavy atom. The molecule has 0 atom stereocenters. The minimum Gasteiger partial charge on any atom is -0.481 e.